The predicted molar refractivity (Wildman–Crippen MR) is 199 cm³/mol. The van der Waals surface area contributed by atoms with Crippen molar-refractivity contribution in [3.8, 4) is 5.69 Å². The largest absolute Gasteiger partial charge is 0.309 e. The number of hydrogen-bond donors (Lipinski definition) is 0. The van der Waals surface area contributed by atoms with Gasteiger partial charge in [-0.2, -0.15) is 0 Å². The van der Waals surface area contributed by atoms with Gasteiger partial charge in [0.15, 0.2) is 0 Å². The minimum Gasteiger partial charge on any atom is -0.309 e. The van der Waals surface area contributed by atoms with E-state index in [1.807, 2.05) is 0 Å². The average Bonchev–Trinajstić information content (AvgIpc) is 3.46. The van der Waals surface area contributed by atoms with E-state index in [0.717, 1.165) is 0 Å². The molecule has 0 fully saturated rings. The van der Waals surface area contributed by atoms with Gasteiger partial charge in [-0.3, -0.25) is 0 Å². The van der Waals surface area contributed by atoms with Crippen LogP contribution in [0.25, 0.3) is 27.5 Å². The van der Waals surface area contributed by atoms with Crippen molar-refractivity contribution in [1.29, 1.82) is 0 Å². The van der Waals surface area contributed by atoms with Crippen molar-refractivity contribution < 1.29 is 0 Å². The van der Waals surface area contributed by atoms with Gasteiger partial charge in [0.2, 0.25) is 0 Å². The Morgan fingerprint density at radius 2 is 0.833 bits per heavy atom. The van der Waals surface area contributed by atoms with Gasteiger partial charge < -0.3 is 4.57 Å². The van der Waals surface area contributed by atoms with Crippen LogP contribution >= 0.6 is 0 Å². The Hall–Kier alpha value is -5.66. The number of para-hydroxylation sites is 2. The maximum Gasteiger partial charge on any atom is 0.0718 e. The topological polar surface area (TPSA) is 4.93 Å². The van der Waals surface area contributed by atoms with Crippen LogP contribution in [0.4, 0.5) is 0 Å². The molecule has 0 saturated heterocycles. The zero-order valence-electron chi connectivity index (χ0n) is 27.5. The third-order valence-corrected chi connectivity index (χ3v) is 11.5. The Morgan fingerprint density at radius 3 is 1.38 bits per heavy atom. The van der Waals surface area contributed by atoms with Crippen molar-refractivity contribution >= 4 is 21.8 Å². The zero-order valence-corrected chi connectivity index (χ0v) is 27.5. The first-order chi connectivity index (χ1) is 23.6. The second-order valence-corrected chi connectivity index (χ2v) is 13.8. The van der Waals surface area contributed by atoms with E-state index in [9.17, 15) is 0 Å². The molecule has 0 radical (unpaired) electrons. The molecule has 0 aliphatic heterocycles. The summed E-state index contributed by atoms with van der Waals surface area (Å²) in [5.41, 5.74) is 17.8. The Kier molecular flexibility index (Phi) is 5.54. The van der Waals surface area contributed by atoms with Crippen molar-refractivity contribution in [2.24, 2.45) is 0 Å². The first-order valence-electron chi connectivity index (χ1n) is 17.0. The summed E-state index contributed by atoms with van der Waals surface area (Å²) in [6.07, 6.45) is 0. The highest BCUT2D eigenvalue weighted by molar-refractivity contribution is 6.09. The van der Waals surface area contributed by atoms with Gasteiger partial charge >= 0.3 is 0 Å². The maximum absolute atomic E-state index is 2.54. The number of aryl methyl sites for hydroxylation is 3. The molecule has 1 aromatic heterocycles. The van der Waals surface area contributed by atoms with Crippen LogP contribution in [0.2, 0.25) is 0 Å². The van der Waals surface area contributed by atoms with Crippen LogP contribution in [0.3, 0.4) is 0 Å². The molecule has 1 heteroatoms. The van der Waals surface area contributed by atoms with Gasteiger partial charge in [0.1, 0.15) is 0 Å². The van der Waals surface area contributed by atoms with Crippen LogP contribution in [-0.4, -0.2) is 4.57 Å². The summed E-state index contributed by atoms with van der Waals surface area (Å²) in [7, 11) is 0. The first-order valence-corrected chi connectivity index (χ1v) is 17.0. The number of aromatic nitrogens is 1. The van der Waals surface area contributed by atoms with Gasteiger partial charge in [-0.25, -0.2) is 0 Å². The fourth-order valence-corrected chi connectivity index (χ4v) is 9.93. The van der Waals surface area contributed by atoms with E-state index in [2.05, 4.69) is 183 Å². The maximum atomic E-state index is 2.54. The van der Waals surface area contributed by atoms with Gasteiger partial charge in [0.25, 0.3) is 0 Å². The minimum absolute atomic E-state index is 0.460. The van der Waals surface area contributed by atoms with E-state index in [4.69, 9.17) is 0 Å². The zero-order chi connectivity index (χ0) is 32.2. The highest BCUT2D eigenvalue weighted by Gasteiger charge is 2.61. The molecule has 3 aliphatic rings. The third-order valence-electron chi connectivity index (χ3n) is 11.5. The summed E-state index contributed by atoms with van der Waals surface area (Å²) < 4.78 is 2.49. The molecule has 228 valence electrons. The standard InChI is InChI=1S/C47H35N/c1-30-16-14-24-38-43(30)47(34-20-8-5-9-21-34)44-31(2)17-15-25-39(44)46(38,33-18-6-4-7-19-33)40-29-35(28-32(3)45(40)47)48-41-26-12-10-22-36(41)37-23-11-13-27-42(37)48/h4-29H,1-3H3. The van der Waals surface area contributed by atoms with Gasteiger partial charge in [-0.15, -0.1) is 0 Å². The van der Waals surface area contributed by atoms with Gasteiger partial charge in [0.05, 0.1) is 21.9 Å². The second-order valence-electron chi connectivity index (χ2n) is 13.8. The molecule has 11 rings (SSSR count). The normalized spacial score (nSPS) is 18.9. The minimum atomic E-state index is -0.491. The number of rotatable bonds is 3. The summed E-state index contributed by atoms with van der Waals surface area (Å²) >= 11 is 0. The van der Waals surface area contributed by atoms with E-state index in [0.29, 0.717) is 0 Å². The van der Waals surface area contributed by atoms with Crippen LogP contribution in [0, 0.1) is 20.8 Å². The fourth-order valence-electron chi connectivity index (χ4n) is 9.93. The number of hydrogen-bond acceptors (Lipinski definition) is 0. The molecular formula is C47H35N. The molecule has 7 aromatic carbocycles. The lowest BCUT2D eigenvalue weighted by Crippen LogP contribution is -2.53. The van der Waals surface area contributed by atoms with E-state index < -0.39 is 10.8 Å². The Bertz CT molecular complexity index is 2480. The molecule has 0 spiro atoms. The van der Waals surface area contributed by atoms with Crippen molar-refractivity contribution in [3.05, 3.63) is 219 Å². The van der Waals surface area contributed by atoms with E-state index in [1.54, 1.807) is 0 Å². The Morgan fingerprint density at radius 1 is 0.375 bits per heavy atom. The molecule has 0 atom stereocenters. The first kappa shape index (κ1) is 27.5. The van der Waals surface area contributed by atoms with Gasteiger partial charge in [0, 0.05) is 16.5 Å². The summed E-state index contributed by atoms with van der Waals surface area (Å²) in [6, 6.07) is 59.3. The molecule has 3 aliphatic carbocycles. The summed E-state index contributed by atoms with van der Waals surface area (Å²) in [4.78, 5) is 0. The smallest absolute Gasteiger partial charge is 0.0718 e. The predicted octanol–water partition coefficient (Wildman–Crippen LogP) is 11.1. The highest BCUT2D eigenvalue weighted by Crippen LogP contribution is 2.68. The van der Waals surface area contributed by atoms with Crippen LogP contribution in [-0.2, 0) is 10.8 Å². The van der Waals surface area contributed by atoms with Crippen LogP contribution in [0.5, 0.6) is 0 Å². The highest BCUT2D eigenvalue weighted by atomic mass is 15.0. The lowest BCUT2D eigenvalue weighted by atomic mass is 9.42. The lowest BCUT2D eigenvalue weighted by molar-refractivity contribution is 0.547. The van der Waals surface area contributed by atoms with Crippen molar-refractivity contribution in [2.75, 3.05) is 0 Å². The molecule has 0 N–H and O–H groups in total. The van der Waals surface area contributed by atoms with Gasteiger partial charge in [-0.05, 0) is 106 Å². The average molecular weight is 614 g/mol. The van der Waals surface area contributed by atoms with Crippen LogP contribution in [0.15, 0.2) is 158 Å². The molecule has 0 saturated carbocycles. The van der Waals surface area contributed by atoms with Crippen LogP contribution in [0.1, 0.15) is 61.2 Å². The molecular weight excluding hydrogens is 579 g/mol. The quantitative estimate of drug-likeness (QED) is 0.187. The molecule has 0 amide bonds. The fraction of sp³-hybridized carbons (Fsp3) is 0.106. The van der Waals surface area contributed by atoms with Crippen LogP contribution < -0.4 is 0 Å². The van der Waals surface area contributed by atoms with Gasteiger partial charge in [-0.1, -0.05) is 133 Å². The third kappa shape index (κ3) is 3.17. The number of nitrogens with zero attached hydrogens (tertiary/aromatic N) is 1. The lowest BCUT2D eigenvalue weighted by Gasteiger charge is -2.58. The molecule has 8 aromatic rings. The molecule has 1 nitrogen and oxygen atoms in total. The van der Waals surface area contributed by atoms with Crippen molar-refractivity contribution in [2.45, 2.75) is 31.6 Å². The van der Waals surface area contributed by atoms with Crippen molar-refractivity contribution in [3.63, 3.8) is 0 Å². The molecule has 0 unspecified atom stereocenters. The van der Waals surface area contributed by atoms with E-state index in [1.165, 1.54) is 88.7 Å². The number of benzene rings is 7. The van der Waals surface area contributed by atoms with E-state index in [-0.39, 0.29) is 0 Å². The molecule has 1 heterocycles. The second kappa shape index (κ2) is 9.69. The summed E-state index contributed by atoms with van der Waals surface area (Å²) in [5, 5.41) is 2.57. The monoisotopic (exact) mass is 613 g/mol. The number of fused-ring (bicyclic) bond motifs is 3. The Labute approximate surface area is 281 Å². The molecule has 2 bridgehead atoms. The van der Waals surface area contributed by atoms with E-state index >= 15 is 0 Å². The SMILES string of the molecule is Cc1cccc2c1C1(c3ccccc3)c3c(C)cccc3C2(c2ccccc2)c2cc(-n3c4ccccc4c4ccccc43)cc(C)c21. The summed E-state index contributed by atoms with van der Waals surface area (Å²) in [6.45, 7) is 7.00. The van der Waals surface area contributed by atoms with Crippen molar-refractivity contribution in [1.82, 2.24) is 4.57 Å². The molecule has 48 heavy (non-hydrogen) atoms. The Balaban J connectivity index is 1.46. The summed E-state index contributed by atoms with van der Waals surface area (Å²) in [5.74, 6) is 0.